The topological polar surface area (TPSA) is 78.4 Å². The molecule has 0 saturated heterocycles. The van der Waals surface area contributed by atoms with Gasteiger partial charge in [-0.05, 0) is 31.6 Å². The van der Waals surface area contributed by atoms with Crippen molar-refractivity contribution in [3.05, 3.63) is 0 Å². The largest absolute Gasteiger partial charge is 0.481 e. The maximum absolute atomic E-state index is 11.3. The zero-order valence-corrected chi connectivity index (χ0v) is 10.4. The lowest BCUT2D eigenvalue weighted by Crippen LogP contribution is -2.40. The lowest BCUT2D eigenvalue weighted by atomic mass is 9.85. The Bertz CT molecular complexity index is 264. The fourth-order valence-corrected chi connectivity index (χ4v) is 1.73. The third kappa shape index (κ3) is 5.56. The first kappa shape index (κ1) is 13.8. The molecule has 0 aromatic rings. The highest BCUT2D eigenvalue weighted by Crippen LogP contribution is 2.24. The van der Waals surface area contributed by atoms with Crippen LogP contribution in [-0.4, -0.2) is 30.2 Å². The zero-order chi connectivity index (χ0) is 12.7. The summed E-state index contributed by atoms with van der Waals surface area (Å²) in [5.41, 5.74) is 0. The zero-order valence-electron chi connectivity index (χ0n) is 10.4. The lowest BCUT2D eigenvalue weighted by molar-refractivity contribution is -0.141. The van der Waals surface area contributed by atoms with Crippen LogP contribution in [0.5, 0.6) is 0 Å². The molecule has 1 fully saturated rings. The van der Waals surface area contributed by atoms with E-state index in [2.05, 4.69) is 10.6 Å². The average Bonchev–Trinajstić information content (AvgIpc) is 2.21. The summed E-state index contributed by atoms with van der Waals surface area (Å²) in [6.07, 6.45) is 5.01. The molecule has 5 heteroatoms. The van der Waals surface area contributed by atoms with Crippen molar-refractivity contribution in [1.82, 2.24) is 10.6 Å². The Morgan fingerprint density at radius 3 is 2.59 bits per heavy atom. The Morgan fingerprint density at radius 1 is 1.35 bits per heavy atom. The highest BCUT2D eigenvalue weighted by molar-refractivity contribution is 5.73. The van der Waals surface area contributed by atoms with Gasteiger partial charge >= 0.3 is 12.0 Å². The summed E-state index contributed by atoms with van der Waals surface area (Å²) in [7, 11) is 0. The monoisotopic (exact) mass is 242 g/mol. The number of aliphatic carboxylic acids is 1. The molecule has 3 N–H and O–H groups in total. The molecular weight excluding hydrogens is 220 g/mol. The number of carboxylic acids is 1. The second-order valence-electron chi connectivity index (χ2n) is 4.82. The van der Waals surface area contributed by atoms with Crippen LogP contribution in [0.2, 0.25) is 0 Å². The van der Waals surface area contributed by atoms with E-state index in [1.54, 1.807) is 6.92 Å². The number of amides is 2. The predicted octanol–water partition coefficient (Wildman–Crippen LogP) is 1.59. The standard InChI is InChI=1S/C12H22N2O3/c1-9(11(15)16)4-3-7-13-12(17)14-8-10-5-2-6-10/h9-10H,2-8H2,1H3,(H,15,16)(H2,13,14,17). The smallest absolute Gasteiger partial charge is 0.314 e. The van der Waals surface area contributed by atoms with Crippen molar-refractivity contribution in [2.24, 2.45) is 11.8 Å². The molecule has 1 aliphatic carbocycles. The Labute approximate surface area is 102 Å². The van der Waals surface area contributed by atoms with Gasteiger partial charge in [0.2, 0.25) is 0 Å². The van der Waals surface area contributed by atoms with E-state index in [0.29, 0.717) is 25.3 Å². The average molecular weight is 242 g/mol. The number of carboxylic acid groups (broad SMARTS) is 1. The minimum atomic E-state index is -0.778. The van der Waals surface area contributed by atoms with Gasteiger partial charge in [-0.25, -0.2) is 4.79 Å². The molecule has 1 aliphatic rings. The Kier molecular flexibility index (Phi) is 5.80. The molecule has 0 aromatic heterocycles. The molecule has 0 heterocycles. The second-order valence-corrected chi connectivity index (χ2v) is 4.82. The number of rotatable bonds is 7. The molecule has 5 nitrogen and oxygen atoms in total. The molecule has 0 radical (unpaired) electrons. The summed E-state index contributed by atoms with van der Waals surface area (Å²) in [6.45, 7) is 2.98. The molecule has 0 bridgehead atoms. The van der Waals surface area contributed by atoms with E-state index >= 15 is 0 Å². The van der Waals surface area contributed by atoms with Crippen LogP contribution < -0.4 is 10.6 Å². The number of nitrogens with one attached hydrogen (secondary N) is 2. The molecule has 1 rings (SSSR count). The third-order valence-corrected chi connectivity index (χ3v) is 3.30. The minimum Gasteiger partial charge on any atom is -0.481 e. The van der Waals surface area contributed by atoms with Crippen LogP contribution in [0, 0.1) is 11.8 Å². The van der Waals surface area contributed by atoms with Crippen molar-refractivity contribution < 1.29 is 14.7 Å². The number of carbonyl (C=O) groups is 2. The van der Waals surface area contributed by atoms with E-state index < -0.39 is 5.97 Å². The van der Waals surface area contributed by atoms with Gasteiger partial charge in [0.15, 0.2) is 0 Å². The molecule has 0 aliphatic heterocycles. The van der Waals surface area contributed by atoms with E-state index in [4.69, 9.17) is 5.11 Å². The quantitative estimate of drug-likeness (QED) is 0.593. The van der Waals surface area contributed by atoms with E-state index in [-0.39, 0.29) is 11.9 Å². The third-order valence-electron chi connectivity index (χ3n) is 3.30. The molecule has 98 valence electrons. The van der Waals surface area contributed by atoms with Crippen molar-refractivity contribution in [3.63, 3.8) is 0 Å². The van der Waals surface area contributed by atoms with Crippen molar-refractivity contribution in [2.45, 2.75) is 39.0 Å². The molecule has 1 saturated carbocycles. The summed E-state index contributed by atoms with van der Waals surface area (Å²) in [6, 6.07) is -0.139. The number of hydrogen-bond acceptors (Lipinski definition) is 2. The number of carbonyl (C=O) groups excluding carboxylic acids is 1. The van der Waals surface area contributed by atoms with E-state index in [9.17, 15) is 9.59 Å². The van der Waals surface area contributed by atoms with Gasteiger partial charge in [0, 0.05) is 13.1 Å². The Hall–Kier alpha value is -1.26. The summed E-state index contributed by atoms with van der Waals surface area (Å²) in [5.74, 6) is -0.456. The predicted molar refractivity (Wildman–Crippen MR) is 64.8 cm³/mol. The van der Waals surface area contributed by atoms with Gasteiger partial charge in [0.25, 0.3) is 0 Å². The first-order valence-corrected chi connectivity index (χ1v) is 6.34. The number of hydrogen-bond donors (Lipinski definition) is 3. The van der Waals surface area contributed by atoms with Crippen LogP contribution in [0.3, 0.4) is 0 Å². The Balaban J connectivity index is 1.94. The van der Waals surface area contributed by atoms with Crippen LogP contribution in [0.1, 0.15) is 39.0 Å². The summed E-state index contributed by atoms with van der Waals surface area (Å²) in [4.78, 5) is 21.9. The van der Waals surface area contributed by atoms with Gasteiger partial charge in [0.05, 0.1) is 5.92 Å². The molecular formula is C12H22N2O3. The molecule has 0 aromatic carbocycles. The summed E-state index contributed by atoms with van der Waals surface area (Å²) >= 11 is 0. The van der Waals surface area contributed by atoms with Crippen molar-refractivity contribution in [3.8, 4) is 0 Å². The lowest BCUT2D eigenvalue weighted by Gasteiger charge is -2.25. The molecule has 17 heavy (non-hydrogen) atoms. The van der Waals surface area contributed by atoms with Gasteiger partial charge in [-0.1, -0.05) is 13.3 Å². The van der Waals surface area contributed by atoms with Crippen LogP contribution in [-0.2, 0) is 4.79 Å². The molecule has 1 atom stereocenters. The fourth-order valence-electron chi connectivity index (χ4n) is 1.73. The van der Waals surface area contributed by atoms with Crippen LogP contribution >= 0.6 is 0 Å². The SMILES string of the molecule is CC(CCCNC(=O)NCC1CCC1)C(=O)O. The van der Waals surface area contributed by atoms with Gasteiger partial charge in [0.1, 0.15) is 0 Å². The van der Waals surface area contributed by atoms with E-state index in [0.717, 1.165) is 6.54 Å². The van der Waals surface area contributed by atoms with Gasteiger partial charge in [-0.15, -0.1) is 0 Å². The maximum Gasteiger partial charge on any atom is 0.314 e. The molecule has 2 amide bonds. The minimum absolute atomic E-state index is 0.139. The van der Waals surface area contributed by atoms with E-state index in [1.807, 2.05) is 0 Å². The van der Waals surface area contributed by atoms with Gasteiger partial charge < -0.3 is 15.7 Å². The maximum atomic E-state index is 11.3. The highest BCUT2D eigenvalue weighted by atomic mass is 16.4. The van der Waals surface area contributed by atoms with Crippen molar-refractivity contribution in [2.75, 3.05) is 13.1 Å². The van der Waals surface area contributed by atoms with E-state index in [1.165, 1.54) is 19.3 Å². The first-order valence-electron chi connectivity index (χ1n) is 6.34. The fraction of sp³-hybridized carbons (Fsp3) is 0.833. The highest BCUT2D eigenvalue weighted by Gasteiger charge is 2.17. The van der Waals surface area contributed by atoms with Gasteiger partial charge in [-0.3, -0.25) is 4.79 Å². The molecule has 1 unspecified atom stereocenters. The normalized spacial score (nSPS) is 17.0. The van der Waals surface area contributed by atoms with Crippen molar-refractivity contribution >= 4 is 12.0 Å². The second kappa shape index (κ2) is 7.14. The van der Waals surface area contributed by atoms with Crippen molar-refractivity contribution in [1.29, 1.82) is 0 Å². The van der Waals surface area contributed by atoms with Crippen LogP contribution in [0.4, 0.5) is 4.79 Å². The van der Waals surface area contributed by atoms with Gasteiger partial charge in [-0.2, -0.15) is 0 Å². The Morgan fingerprint density at radius 2 is 2.06 bits per heavy atom. The molecule has 0 spiro atoms. The summed E-state index contributed by atoms with van der Waals surface area (Å²) < 4.78 is 0. The first-order chi connectivity index (χ1) is 8.09. The van der Waals surface area contributed by atoms with Crippen LogP contribution in [0.25, 0.3) is 0 Å². The summed E-state index contributed by atoms with van der Waals surface area (Å²) in [5, 5.41) is 14.2. The van der Waals surface area contributed by atoms with Crippen LogP contribution in [0.15, 0.2) is 0 Å². The number of urea groups is 1.